The summed E-state index contributed by atoms with van der Waals surface area (Å²) in [5.41, 5.74) is 1.86. The minimum Gasteiger partial charge on any atom is -0.493 e. The van der Waals surface area contributed by atoms with Crippen LogP contribution in [0.2, 0.25) is 0 Å². The largest absolute Gasteiger partial charge is 0.493 e. The van der Waals surface area contributed by atoms with Crippen LogP contribution >= 0.6 is 11.3 Å². The molecule has 0 radical (unpaired) electrons. The first kappa shape index (κ1) is 17.8. The van der Waals surface area contributed by atoms with Crippen molar-refractivity contribution in [2.24, 2.45) is 5.41 Å². The van der Waals surface area contributed by atoms with E-state index >= 15 is 0 Å². The number of rotatable bonds is 6. The Morgan fingerprint density at radius 2 is 2.04 bits per heavy atom. The molecular weight excluding hydrogens is 344 g/mol. The van der Waals surface area contributed by atoms with Gasteiger partial charge in [-0.2, -0.15) is 0 Å². The maximum atomic E-state index is 5.95. The predicted molar refractivity (Wildman–Crippen MR) is 106 cm³/mol. The van der Waals surface area contributed by atoms with Crippen molar-refractivity contribution >= 4 is 11.3 Å². The molecule has 2 fully saturated rings. The van der Waals surface area contributed by atoms with Gasteiger partial charge in [0.25, 0.3) is 0 Å². The third-order valence-corrected chi connectivity index (χ3v) is 6.62. The van der Waals surface area contributed by atoms with E-state index in [0.717, 1.165) is 18.0 Å². The molecule has 0 aliphatic carbocycles. The van der Waals surface area contributed by atoms with Crippen molar-refractivity contribution in [3.05, 3.63) is 46.2 Å². The summed E-state index contributed by atoms with van der Waals surface area (Å²) in [7, 11) is 1.72. The number of ether oxygens (including phenoxy) is 2. The van der Waals surface area contributed by atoms with E-state index in [2.05, 4.69) is 45.9 Å². The van der Waals surface area contributed by atoms with Gasteiger partial charge in [0.1, 0.15) is 6.61 Å². The summed E-state index contributed by atoms with van der Waals surface area (Å²) >= 11 is 1.71. The second kappa shape index (κ2) is 7.99. The molecule has 3 heterocycles. The second-order valence-electron chi connectivity index (χ2n) is 7.56. The predicted octanol–water partition coefficient (Wildman–Crippen LogP) is 3.91. The molecule has 0 atom stereocenters. The van der Waals surface area contributed by atoms with Crippen molar-refractivity contribution < 1.29 is 9.47 Å². The van der Waals surface area contributed by atoms with Gasteiger partial charge < -0.3 is 14.8 Å². The Balaban J connectivity index is 1.38. The lowest BCUT2D eigenvalue weighted by Crippen LogP contribution is -2.38. The number of benzene rings is 1. The molecule has 0 saturated carbocycles. The van der Waals surface area contributed by atoms with Crippen molar-refractivity contribution in [2.75, 3.05) is 33.3 Å². The smallest absolute Gasteiger partial charge is 0.161 e. The first-order valence-corrected chi connectivity index (χ1v) is 10.4. The quantitative estimate of drug-likeness (QED) is 0.834. The van der Waals surface area contributed by atoms with E-state index in [1.807, 2.05) is 0 Å². The molecule has 140 valence electrons. The number of piperidine rings is 1. The van der Waals surface area contributed by atoms with Crippen LogP contribution in [0.5, 0.6) is 11.5 Å². The minimum atomic E-state index is 0.555. The van der Waals surface area contributed by atoms with Gasteiger partial charge in [-0.15, -0.1) is 11.3 Å². The van der Waals surface area contributed by atoms with Gasteiger partial charge in [-0.05, 0) is 73.5 Å². The van der Waals surface area contributed by atoms with Crippen LogP contribution in [0.3, 0.4) is 0 Å². The molecule has 5 heteroatoms. The van der Waals surface area contributed by atoms with Gasteiger partial charge in [0.15, 0.2) is 11.5 Å². The van der Waals surface area contributed by atoms with Crippen LogP contribution < -0.4 is 14.8 Å². The molecule has 2 aliphatic heterocycles. The zero-order valence-corrected chi connectivity index (χ0v) is 16.3. The molecule has 4 rings (SSSR count). The van der Waals surface area contributed by atoms with Gasteiger partial charge in [-0.3, -0.25) is 4.90 Å². The van der Waals surface area contributed by atoms with Crippen LogP contribution in [-0.4, -0.2) is 38.2 Å². The summed E-state index contributed by atoms with van der Waals surface area (Å²) in [6.45, 7) is 6.38. The van der Waals surface area contributed by atoms with Crippen LogP contribution in [-0.2, 0) is 13.2 Å². The van der Waals surface area contributed by atoms with Crippen molar-refractivity contribution in [3.8, 4) is 11.5 Å². The van der Waals surface area contributed by atoms with E-state index < -0.39 is 0 Å². The third-order valence-electron chi connectivity index (χ3n) is 5.77. The van der Waals surface area contributed by atoms with Gasteiger partial charge in [0.05, 0.1) is 7.11 Å². The average molecular weight is 373 g/mol. The molecule has 2 saturated heterocycles. The molecule has 26 heavy (non-hydrogen) atoms. The molecule has 2 aromatic rings. The molecule has 1 aromatic carbocycles. The maximum absolute atomic E-state index is 5.95. The lowest BCUT2D eigenvalue weighted by molar-refractivity contribution is 0.194. The Labute approximate surface area is 160 Å². The van der Waals surface area contributed by atoms with Crippen molar-refractivity contribution in [3.63, 3.8) is 0 Å². The van der Waals surface area contributed by atoms with E-state index in [9.17, 15) is 0 Å². The fourth-order valence-corrected chi connectivity index (χ4v) is 4.88. The molecule has 2 aliphatic rings. The van der Waals surface area contributed by atoms with E-state index in [1.165, 1.54) is 55.9 Å². The standard InChI is InChI=1S/C21H28N2O2S/c1-24-20-13-17(4-5-19(20)25-15-18-3-2-12-26-18)14-23-11-8-21(16-23)6-9-22-10-7-21/h2-5,12-13,22H,6-11,14-16H2,1H3. The monoisotopic (exact) mass is 372 g/mol. The average Bonchev–Trinajstić information content (AvgIpc) is 3.32. The fraction of sp³-hybridized carbons (Fsp3) is 0.524. The van der Waals surface area contributed by atoms with Crippen LogP contribution in [0.4, 0.5) is 0 Å². The van der Waals surface area contributed by atoms with Crippen LogP contribution in [0, 0.1) is 5.41 Å². The Hall–Kier alpha value is -1.56. The zero-order valence-electron chi connectivity index (χ0n) is 15.5. The molecule has 0 unspecified atom stereocenters. The van der Waals surface area contributed by atoms with Crippen LogP contribution in [0.25, 0.3) is 0 Å². The molecule has 0 bridgehead atoms. The normalized spacial score (nSPS) is 19.7. The number of methoxy groups -OCH3 is 1. The van der Waals surface area contributed by atoms with E-state index in [0.29, 0.717) is 12.0 Å². The highest BCUT2D eigenvalue weighted by Gasteiger charge is 2.38. The van der Waals surface area contributed by atoms with Crippen LogP contribution in [0.15, 0.2) is 35.7 Å². The Morgan fingerprint density at radius 1 is 1.15 bits per heavy atom. The van der Waals surface area contributed by atoms with Gasteiger partial charge in [0, 0.05) is 18.0 Å². The number of nitrogens with zero attached hydrogens (tertiary/aromatic N) is 1. The van der Waals surface area contributed by atoms with E-state index in [-0.39, 0.29) is 0 Å². The molecule has 0 amide bonds. The molecule has 1 aromatic heterocycles. The van der Waals surface area contributed by atoms with E-state index in [4.69, 9.17) is 9.47 Å². The number of nitrogens with one attached hydrogen (secondary N) is 1. The van der Waals surface area contributed by atoms with E-state index in [1.54, 1.807) is 18.4 Å². The first-order valence-electron chi connectivity index (χ1n) is 9.52. The Morgan fingerprint density at radius 3 is 2.81 bits per heavy atom. The highest BCUT2D eigenvalue weighted by Crippen LogP contribution is 2.39. The Kier molecular flexibility index (Phi) is 5.48. The number of likely N-dealkylation sites (tertiary alicyclic amines) is 1. The van der Waals surface area contributed by atoms with Crippen LogP contribution in [0.1, 0.15) is 29.7 Å². The summed E-state index contributed by atoms with van der Waals surface area (Å²) in [6, 6.07) is 10.5. The lowest BCUT2D eigenvalue weighted by atomic mass is 9.78. The third kappa shape index (κ3) is 4.05. The first-order chi connectivity index (χ1) is 12.8. The van der Waals surface area contributed by atoms with Gasteiger partial charge in [-0.25, -0.2) is 0 Å². The number of hydrogen-bond acceptors (Lipinski definition) is 5. The minimum absolute atomic E-state index is 0.555. The zero-order chi connectivity index (χ0) is 17.8. The van der Waals surface area contributed by atoms with Gasteiger partial charge in [0.2, 0.25) is 0 Å². The van der Waals surface area contributed by atoms with Crippen molar-refractivity contribution in [1.82, 2.24) is 10.2 Å². The molecule has 4 nitrogen and oxygen atoms in total. The fourth-order valence-electron chi connectivity index (χ4n) is 4.26. The summed E-state index contributed by atoms with van der Waals surface area (Å²) in [6.07, 6.45) is 3.98. The SMILES string of the molecule is COc1cc(CN2CCC3(CCNCC3)C2)ccc1OCc1cccs1. The van der Waals surface area contributed by atoms with Crippen molar-refractivity contribution in [2.45, 2.75) is 32.4 Å². The lowest BCUT2D eigenvalue weighted by Gasteiger charge is -2.34. The molecular formula is C21H28N2O2S. The summed E-state index contributed by atoms with van der Waals surface area (Å²) in [4.78, 5) is 3.83. The van der Waals surface area contributed by atoms with Crippen molar-refractivity contribution in [1.29, 1.82) is 0 Å². The molecule has 1 spiro atoms. The maximum Gasteiger partial charge on any atom is 0.161 e. The topological polar surface area (TPSA) is 33.7 Å². The number of thiophene rings is 1. The number of hydrogen-bond donors (Lipinski definition) is 1. The highest BCUT2D eigenvalue weighted by atomic mass is 32.1. The second-order valence-corrected chi connectivity index (χ2v) is 8.60. The Bertz CT molecular complexity index is 711. The summed E-state index contributed by atoms with van der Waals surface area (Å²) in [5.74, 6) is 1.65. The van der Waals surface area contributed by atoms with Gasteiger partial charge >= 0.3 is 0 Å². The van der Waals surface area contributed by atoms with Gasteiger partial charge in [-0.1, -0.05) is 12.1 Å². The summed E-state index contributed by atoms with van der Waals surface area (Å²) < 4.78 is 11.5. The highest BCUT2D eigenvalue weighted by molar-refractivity contribution is 7.09. The molecule has 1 N–H and O–H groups in total. The summed E-state index contributed by atoms with van der Waals surface area (Å²) in [5, 5.41) is 5.57.